The standard InChI is InChI=1S/C18H15NO6S/c1-25-15-8-4-5-11(18(15)21)10-19-17-13-7-3-2-6-12(13)16(9-14(17)20)26(22,23)24/h2-10,20-21H,1H3,(H,22,23,24). The summed E-state index contributed by atoms with van der Waals surface area (Å²) in [6, 6.07) is 12.1. The molecule has 0 unspecified atom stereocenters. The SMILES string of the molecule is COc1cccc(C=Nc2c(O)cc(S(=O)(=O)O)c3ccccc23)c1O. The van der Waals surface area contributed by atoms with Crippen LogP contribution in [0.25, 0.3) is 10.8 Å². The first-order chi connectivity index (χ1) is 12.3. The van der Waals surface area contributed by atoms with Gasteiger partial charge in [0.05, 0.1) is 7.11 Å². The summed E-state index contributed by atoms with van der Waals surface area (Å²) < 4.78 is 37.5. The van der Waals surface area contributed by atoms with Crippen LogP contribution in [0.4, 0.5) is 5.69 Å². The molecule has 0 fully saturated rings. The quantitative estimate of drug-likeness (QED) is 0.477. The molecule has 0 aliphatic rings. The van der Waals surface area contributed by atoms with Crippen LogP contribution in [0.2, 0.25) is 0 Å². The third-order valence-corrected chi connectivity index (χ3v) is 4.71. The van der Waals surface area contributed by atoms with Crippen molar-refractivity contribution in [1.82, 2.24) is 0 Å². The van der Waals surface area contributed by atoms with E-state index in [9.17, 15) is 23.2 Å². The number of fused-ring (bicyclic) bond motifs is 1. The predicted molar refractivity (Wildman–Crippen MR) is 97.3 cm³/mol. The highest BCUT2D eigenvalue weighted by Crippen LogP contribution is 2.39. The average molecular weight is 373 g/mol. The van der Waals surface area contributed by atoms with Gasteiger partial charge in [-0.05, 0) is 12.1 Å². The van der Waals surface area contributed by atoms with Crippen LogP contribution in [0, 0.1) is 0 Å². The first-order valence-corrected chi connectivity index (χ1v) is 8.89. The number of phenols is 2. The van der Waals surface area contributed by atoms with Crippen molar-refractivity contribution in [2.75, 3.05) is 7.11 Å². The third kappa shape index (κ3) is 3.19. The molecule has 0 atom stereocenters. The molecule has 7 nitrogen and oxygen atoms in total. The Hall–Kier alpha value is -3.10. The first-order valence-electron chi connectivity index (χ1n) is 7.45. The Morgan fingerprint density at radius 3 is 2.38 bits per heavy atom. The van der Waals surface area contributed by atoms with Gasteiger partial charge in [-0.15, -0.1) is 0 Å². The van der Waals surface area contributed by atoms with Gasteiger partial charge in [0.15, 0.2) is 11.5 Å². The number of aromatic hydroxyl groups is 2. The number of aliphatic imine (C=N–C) groups is 1. The van der Waals surface area contributed by atoms with Crippen molar-refractivity contribution in [2.45, 2.75) is 4.90 Å². The highest BCUT2D eigenvalue weighted by Gasteiger charge is 2.19. The fraction of sp³-hybridized carbons (Fsp3) is 0.0556. The second kappa shape index (κ2) is 6.66. The maximum absolute atomic E-state index is 11.6. The number of rotatable bonds is 4. The zero-order valence-electron chi connectivity index (χ0n) is 13.6. The van der Waals surface area contributed by atoms with E-state index >= 15 is 0 Å². The van der Waals surface area contributed by atoms with Crippen LogP contribution in [0.15, 0.2) is 58.4 Å². The molecule has 0 radical (unpaired) electrons. The van der Waals surface area contributed by atoms with Gasteiger partial charge in [0.25, 0.3) is 10.1 Å². The fourth-order valence-electron chi connectivity index (χ4n) is 2.60. The minimum absolute atomic E-state index is 0.107. The van der Waals surface area contributed by atoms with Crippen molar-refractivity contribution in [1.29, 1.82) is 0 Å². The van der Waals surface area contributed by atoms with Crippen molar-refractivity contribution in [3.8, 4) is 17.2 Å². The minimum Gasteiger partial charge on any atom is -0.506 e. The summed E-state index contributed by atoms with van der Waals surface area (Å²) in [5.41, 5.74) is 0.460. The summed E-state index contributed by atoms with van der Waals surface area (Å²) in [7, 11) is -3.10. The predicted octanol–water partition coefficient (Wildman–Crippen LogP) is 3.26. The maximum Gasteiger partial charge on any atom is 0.295 e. The van der Waals surface area contributed by atoms with Gasteiger partial charge in [-0.1, -0.05) is 30.3 Å². The summed E-state index contributed by atoms with van der Waals surface area (Å²) in [5.74, 6) is -0.267. The summed E-state index contributed by atoms with van der Waals surface area (Å²) in [4.78, 5) is 3.79. The zero-order valence-corrected chi connectivity index (χ0v) is 14.4. The Morgan fingerprint density at radius 2 is 1.73 bits per heavy atom. The van der Waals surface area contributed by atoms with E-state index in [4.69, 9.17) is 4.74 Å². The van der Waals surface area contributed by atoms with Crippen molar-refractivity contribution >= 4 is 32.8 Å². The molecule has 8 heteroatoms. The van der Waals surface area contributed by atoms with E-state index in [0.29, 0.717) is 10.9 Å². The number of benzene rings is 3. The van der Waals surface area contributed by atoms with Crippen LogP contribution in [0.1, 0.15) is 5.56 Å². The molecule has 0 saturated heterocycles. The second-order valence-corrected chi connectivity index (χ2v) is 6.81. The highest BCUT2D eigenvalue weighted by molar-refractivity contribution is 7.86. The summed E-state index contributed by atoms with van der Waals surface area (Å²) in [6.07, 6.45) is 1.33. The number of phenolic OH excluding ortho intramolecular Hbond substituents is 2. The summed E-state index contributed by atoms with van der Waals surface area (Å²) >= 11 is 0. The van der Waals surface area contributed by atoms with Crippen molar-refractivity contribution in [2.24, 2.45) is 4.99 Å². The van der Waals surface area contributed by atoms with Crippen LogP contribution < -0.4 is 4.74 Å². The van der Waals surface area contributed by atoms with Gasteiger partial charge in [0, 0.05) is 28.6 Å². The maximum atomic E-state index is 11.6. The Balaban J connectivity index is 2.20. The lowest BCUT2D eigenvalue weighted by Crippen LogP contribution is -1.99. The molecular formula is C18H15NO6S. The minimum atomic E-state index is -4.52. The van der Waals surface area contributed by atoms with E-state index in [2.05, 4.69) is 4.99 Å². The van der Waals surface area contributed by atoms with E-state index < -0.39 is 20.8 Å². The van der Waals surface area contributed by atoms with Crippen LogP contribution in [0.3, 0.4) is 0 Å². The van der Waals surface area contributed by atoms with Crippen molar-refractivity contribution < 1.29 is 27.9 Å². The Kier molecular flexibility index (Phi) is 4.54. The lowest BCUT2D eigenvalue weighted by atomic mass is 10.1. The van der Waals surface area contributed by atoms with Crippen LogP contribution in [-0.2, 0) is 10.1 Å². The molecule has 3 rings (SSSR count). The summed E-state index contributed by atoms with van der Waals surface area (Å²) in [5, 5.41) is 20.9. The first kappa shape index (κ1) is 17.7. The monoisotopic (exact) mass is 373 g/mol. The van der Waals surface area contributed by atoms with Gasteiger partial charge < -0.3 is 14.9 Å². The van der Waals surface area contributed by atoms with Gasteiger partial charge >= 0.3 is 0 Å². The normalized spacial score (nSPS) is 11.9. The third-order valence-electron chi connectivity index (χ3n) is 3.82. The number of methoxy groups -OCH3 is 1. The molecule has 0 bridgehead atoms. The van der Waals surface area contributed by atoms with E-state index in [0.717, 1.165) is 6.07 Å². The number of hydrogen-bond acceptors (Lipinski definition) is 6. The lowest BCUT2D eigenvalue weighted by molar-refractivity contribution is 0.373. The molecule has 3 aromatic carbocycles. The number of para-hydroxylation sites is 1. The second-order valence-electron chi connectivity index (χ2n) is 5.42. The summed E-state index contributed by atoms with van der Waals surface area (Å²) in [6.45, 7) is 0. The van der Waals surface area contributed by atoms with Gasteiger partial charge in [-0.2, -0.15) is 8.42 Å². The lowest BCUT2D eigenvalue weighted by Gasteiger charge is -2.09. The Labute approximate surface area is 149 Å². The van der Waals surface area contributed by atoms with Gasteiger partial charge in [-0.3, -0.25) is 9.55 Å². The molecule has 0 amide bonds. The molecule has 0 spiro atoms. The van der Waals surface area contributed by atoms with Crippen LogP contribution >= 0.6 is 0 Å². The fourth-order valence-corrected chi connectivity index (χ4v) is 3.32. The molecule has 134 valence electrons. The topological polar surface area (TPSA) is 116 Å². The molecule has 0 aliphatic heterocycles. The number of nitrogens with zero attached hydrogens (tertiary/aromatic N) is 1. The van der Waals surface area contributed by atoms with Crippen molar-refractivity contribution in [3.05, 3.63) is 54.1 Å². The molecule has 3 N–H and O–H groups in total. The van der Waals surface area contributed by atoms with Crippen LogP contribution in [-0.4, -0.2) is 36.5 Å². The smallest absolute Gasteiger partial charge is 0.295 e. The molecule has 0 heterocycles. The molecule has 26 heavy (non-hydrogen) atoms. The largest absolute Gasteiger partial charge is 0.506 e. The van der Waals surface area contributed by atoms with Gasteiger partial charge in [0.2, 0.25) is 0 Å². The highest BCUT2D eigenvalue weighted by atomic mass is 32.2. The average Bonchev–Trinajstić information content (AvgIpc) is 2.60. The van der Waals surface area contributed by atoms with E-state index in [1.165, 1.54) is 19.4 Å². The van der Waals surface area contributed by atoms with Gasteiger partial charge in [-0.25, -0.2) is 0 Å². The van der Waals surface area contributed by atoms with Crippen molar-refractivity contribution in [3.63, 3.8) is 0 Å². The van der Waals surface area contributed by atoms with Crippen LogP contribution in [0.5, 0.6) is 17.2 Å². The molecular weight excluding hydrogens is 358 g/mol. The molecule has 0 aromatic heterocycles. The van der Waals surface area contributed by atoms with E-state index in [-0.39, 0.29) is 22.6 Å². The Morgan fingerprint density at radius 1 is 1.04 bits per heavy atom. The van der Waals surface area contributed by atoms with Gasteiger partial charge in [0.1, 0.15) is 16.3 Å². The molecule has 0 aliphatic carbocycles. The van der Waals surface area contributed by atoms with E-state index in [1.54, 1.807) is 36.4 Å². The molecule has 3 aromatic rings. The number of hydrogen-bond donors (Lipinski definition) is 3. The Bertz CT molecular complexity index is 1120. The molecule has 0 saturated carbocycles. The van der Waals surface area contributed by atoms with E-state index in [1.807, 2.05) is 0 Å². The zero-order chi connectivity index (χ0) is 18.9. The number of ether oxygens (including phenoxy) is 1.